The molecule has 2 aliphatic rings. The topological polar surface area (TPSA) is 69.5 Å². The van der Waals surface area contributed by atoms with Crippen LogP contribution in [0.1, 0.15) is 30.9 Å². The lowest BCUT2D eigenvalue weighted by Gasteiger charge is -2.25. The molecule has 3 aromatic rings. The molecule has 1 atom stereocenters. The number of carbonyl (C=O) groups is 1. The van der Waals surface area contributed by atoms with Gasteiger partial charge >= 0.3 is 0 Å². The Morgan fingerprint density at radius 1 is 1.07 bits per heavy atom. The number of hydrogen-bond acceptors (Lipinski definition) is 5. The summed E-state index contributed by atoms with van der Waals surface area (Å²) in [7, 11) is 0. The standard InChI is InChI=1S/C21H22N4O3/c26-21(14-25-18-6-2-1-5-16(18)22-23-25)24-10-3-7-17(24)15-8-9-19-20(13-15)28-12-4-11-27-19/h1-2,5-6,8-9,13,17H,3-4,7,10-12,14H2. The fourth-order valence-corrected chi connectivity index (χ4v) is 4.05. The third kappa shape index (κ3) is 3.06. The molecule has 2 aliphatic heterocycles. The van der Waals surface area contributed by atoms with Gasteiger partial charge < -0.3 is 14.4 Å². The number of fused-ring (bicyclic) bond motifs is 2. The first-order chi connectivity index (χ1) is 13.8. The lowest BCUT2D eigenvalue weighted by atomic mass is 10.0. The molecule has 1 unspecified atom stereocenters. The van der Waals surface area contributed by atoms with Crippen molar-refractivity contribution in [2.75, 3.05) is 19.8 Å². The van der Waals surface area contributed by atoms with Gasteiger partial charge in [-0.15, -0.1) is 5.10 Å². The van der Waals surface area contributed by atoms with E-state index in [2.05, 4.69) is 16.4 Å². The van der Waals surface area contributed by atoms with E-state index in [-0.39, 0.29) is 18.5 Å². The van der Waals surface area contributed by atoms with Gasteiger partial charge in [0, 0.05) is 13.0 Å². The lowest BCUT2D eigenvalue weighted by Crippen LogP contribution is -2.33. The largest absolute Gasteiger partial charge is 0.490 e. The van der Waals surface area contributed by atoms with Crippen LogP contribution in [-0.4, -0.2) is 45.6 Å². The second-order valence-corrected chi connectivity index (χ2v) is 7.24. The van der Waals surface area contributed by atoms with Gasteiger partial charge in [0.25, 0.3) is 0 Å². The number of likely N-dealkylation sites (tertiary alicyclic amines) is 1. The molecule has 0 saturated carbocycles. The van der Waals surface area contributed by atoms with Crippen molar-refractivity contribution in [3.63, 3.8) is 0 Å². The summed E-state index contributed by atoms with van der Waals surface area (Å²) < 4.78 is 13.2. The third-order valence-corrected chi connectivity index (χ3v) is 5.43. The summed E-state index contributed by atoms with van der Waals surface area (Å²) in [5.74, 6) is 1.62. The highest BCUT2D eigenvalue weighted by atomic mass is 16.5. The van der Waals surface area contributed by atoms with Crippen molar-refractivity contribution in [1.82, 2.24) is 19.9 Å². The van der Waals surface area contributed by atoms with Crippen LogP contribution in [0.25, 0.3) is 11.0 Å². The molecule has 0 N–H and O–H groups in total. The molecule has 1 saturated heterocycles. The zero-order chi connectivity index (χ0) is 18.9. The average molecular weight is 378 g/mol. The maximum Gasteiger partial charge on any atom is 0.244 e. The van der Waals surface area contributed by atoms with Crippen molar-refractivity contribution in [3.8, 4) is 11.5 Å². The van der Waals surface area contributed by atoms with E-state index >= 15 is 0 Å². The van der Waals surface area contributed by atoms with Crippen LogP contribution in [0.3, 0.4) is 0 Å². The summed E-state index contributed by atoms with van der Waals surface area (Å²) in [6.45, 7) is 2.28. The Morgan fingerprint density at radius 3 is 2.86 bits per heavy atom. The van der Waals surface area contributed by atoms with Crippen molar-refractivity contribution in [2.24, 2.45) is 0 Å². The van der Waals surface area contributed by atoms with Crippen LogP contribution in [0.15, 0.2) is 42.5 Å². The highest BCUT2D eigenvalue weighted by Crippen LogP contribution is 2.38. The zero-order valence-electron chi connectivity index (χ0n) is 15.6. The Kier molecular flexibility index (Phi) is 4.35. The second kappa shape index (κ2) is 7.14. The van der Waals surface area contributed by atoms with E-state index in [0.717, 1.165) is 53.9 Å². The van der Waals surface area contributed by atoms with E-state index in [0.29, 0.717) is 13.2 Å². The van der Waals surface area contributed by atoms with Gasteiger partial charge in [0.1, 0.15) is 12.1 Å². The Labute approximate surface area is 162 Å². The van der Waals surface area contributed by atoms with E-state index in [1.54, 1.807) is 4.68 Å². The molecular formula is C21H22N4O3. The van der Waals surface area contributed by atoms with Crippen LogP contribution in [-0.2, 0) is 11.3 Å². The fraction of sp³-hybridized carbons (Fsp3) is 0.381. The summed E-state index contributed by atoms with van der Waals surface area (Å²) in [6.07, 6.45) is 2.82. The maximum atomic E-state index is 13.1. The second-order valence-electron chi connectivity index (χ2n) is 7.24. The van der Waals surface area contributed by atoms with Gasteiger partial charge in [0.15, 0.2) is 11.5 Å². The maximum absolute atomic E-state index is 13.1. The quantitative estimate of drug-likeness (QED) is 0.701. The van der Waals surface area contributed by atoms with Crippen molar-refractivity contribution in [1.29, 1.82) is 0 Å². The summed E-state index contributed by atoms with van der Waals surface area (Å²) in [5.41, 5.74) is 2.77. The molecule has 7 heteroatoms. The minimum atomic E-state index is 0.0550. The van der Waals surface area contributed by atoms with Crippen LogP contribution in [0.4, 0.5) is 0 Å². The number of aromatic nitrogens is 3. The zero-order valence-corrected chi connectivity index (χ0v) is 15.6. The highest BCUT2D eigenvalue weighted by molar-refractivity contribution is 5.80. The molecule has 28 heavy (non-hydrogen) atoms. The van der Waals surface area contributed by atoms with E-state index in [1.807, 2.05) is 41.3 Å². The minimum Gasteiger partial charge on any atom is -0.490 e. The van der Waals surface area contributed by atoms with Crippen LogP contribution in [0.2, 0.25) is 0 Å². The van der Waals surface area contributed by atoms with Gasteiger partial charge in [-0.05, 0) is 42.7 Å². The molecule has 5 rings (SSSR count). The molecule has 7 nitrogen and oxygen atoms in total. The van der Waals surface area contributed by atoms with Gasteiger partial charge in [-0.2, -0.15) is 0 Å². The van der Waals surface area contributed by atoms with Crippen molar-refractivity contribution in [2.45, 2.75) is 31.8 Å². The molecule has 1 aromatic heterocycles. The van der Waals surface area contributed by atoms with Gasteiger partial charge in [-0.1, -0.05) is 23.4 Å². The van der Waals surface area contributed by atoms with Gasteiger partial charge in [0.05, 0.1) is 24.8 Å². The van der Waals surface area contributed by atoms with Gasteiger partial charge in [-0.3, -0.25) is 4.79 Å². The summed E-state index contributed by atoms with van der Waals surface area (Å²) in [6, 6.07) is 13.8. The average Bonchev–Trinajstić information content (AvgIpc) is 3.30. The summed E-state index contributed by atoms with van der Waals surface area (Å²) in [5, 5.41) is 8.30. The van der Waals surface area contributed by atoms with Crippen molar-refractivity contribution >= 4 is 16.9 Å². The number of ether oxygens (including phenoxy) is 2. The molecule has 3 heterocycles. The fourth-order valence-electron chi connectivity index (χ4n) is 4.05. The van der Waals surface area contributed by atoms with E-state index < -0.39 is 0 Å². The Balaban J connectivity index is 1.38. The normalized spacial score (nSPS) is 19.0. The van der Waals surface area contributed by atoms with E-state index in [9.17, 15) is 4.79 Å². The molecule has 0 aliphatic carbocycles. The molecule has 0 bridgehead atoms. The van der Waals surface area contributed by atoms with E-state index in [4.69, 9.17) is 9.47 Å². The number of benzene rings is 2. The van der Waals surface area contributed by atoms with Crippen LogP contribution in [0.5, 0.6) is 11.5 Å². The first kappa shape index (κ1) is 17.0. The molecule has 0 radical (unpaired) electrons. The van der Waals surface area contributed by atoms with Crippen LogP contribution < -0.4 is 9.47 Å². The van der Waals surface area contributed by atoms with Crippen LogP contribution in [0, 0.1) is 0 Å². The molecule has 0 spiro atoms. The van der Waals surface area contributed by atoms with Crippen molar-refractivity contribution in [3.05, 3.63) is 48.0 Å². The van der Waals surface area contributed by atoms with Gasteiger partial charge in [0.2, 0.25) is 5.91 Å². The smallest absolute Gasteiger partial charge is 0.244 e. The summed E-state index contributed by atoms with van der Waals surface area (Å²) >= 11 is 0. The molecule has 1 fully saturated rings. The minimum absolute atomic E-state index is 0.0550. The van der Waals surface area contributed by atoms with E-state index in [1.165, 1.54) is 0 Å². The molecule has 1 amide bonds. The number of nitrogens with zero attached hydrogens (tertiary/aromatic N) is 4. The monoisotopic (exact) mass is 378 g/mol. The molecule has 2 aromatic carbocycles. The SMILES string of the molecule is O=C(Cn1nnc2ccccc21)N1CCCC1c1ccc2c(c1)OCCCO2. The van der Waals surface area contributed by atoms with Crippen LogP contribution >= 0.6 is 0 Å². The predicted molar refractivity (Wildman–Crippen MR) is 103 cm³/mol. The first-order valence-corrected chi connectivity index (χ1v) is 9.77. The molecule has 144 valence electrons. The Morgan fingerprint density at radius 2 is 1.93 bits per heavy atom. The van der Waals surface area contributed by atoms with Crippen molar-refractivity contribution < 1.29 is 14.3 Å². The number of hydrogen-bond donors (Lipinski definition) is 0. The summed E-state index contributed by atoms with van der Waals surface area (Å²) in [4.78, 5) is 15.0. The molecular weight excluding hydrogens is 356 g/mol. The Hall–Kier alpha value is -3.09. The highest BCUT2D eigenvalue weighted by Gasteiger charge is 2.31. The number of carbonyl (C=O) groups excluding carboxylic acids is 1. The predicted octanol–water partition coefficient (Wildman–Crippen LogP) is 2.96. The number of para-hydroxylation sites is 1. The number of rotatable bonds is 3. The number of amides is 1. The lowest BCUT2D eigenvalue weighted by molar-refractivity contribution is -0.132. The Bertz CT molecular complexity index is 1020. The third-order valence-electron chi connectivity index (χ3n) is 5.43. The van der Waals surface area contributed by atoms with Gasteiger partial charge in [-0.25, -0.2) is 4.68 Å². The first-order valence-electron chi connectivity index (χ1n) is 9.77.